The second kappa shape index (κ2) is 6.68. The second-order valence-electron chi connectivity index (χ2n) is 6.54. The molecule has 0 spiro atoms. The van der Waals surface area contributed by atoms with Gasteiger partial charge in [-0.2, -0.15) is 0 Å². The first-order valence-electron chi connectivity index (χ1n) is 8.42. The van der Waals surface area contributed by atoms with E-state index in [4.69, 9.17) is 4.74 Å². The number of nitrogens with zero attached hydrogens (tertiary/aromatic N) is 3. The third kappa shape index (κ3) is 3.36. The van der Waals surface area contributed by atoms with Gasteiger partial charge in [0.05, 0.1) is 0 Å². The van der Waals surface area contributed by atoms with E-state index in [1.165, 1.54) is 24.3 Å². The van der Waals surface area contributed by atoms with Gasteiger partial charge >= 0.3 is 0 Å². The molecule has 2 atom stereocenters. The Labute approximate surface area is 149 Å². The average Bonchev–Trinajstić information content (AvgIpc) is 3.09. The van der Waals surface area contributed by atoms with Crippen LogP contribution in [0.4, 0.5) is 4.39 Å². The normalized spacial score (nSPS) is 27.9. The van der Waals surface area contributed by atoms with E-state index in [1.807, 2.05) is 0 Å². The number of carbonyl (C=O) groups is 1. The number of hydrogen-bond acceptors (Lipinski definition) is 6. The zero-order valence-corrected chi connectivity index (χ0v) is 14.6. The maximum Gasteiger partial charge on any atom is 0.300 e. The summed E-state index contributed by atoms with van der Waals surface area (Å²) in [6.07, 6.45) is 2.26. The molecule has 0 aliphatic carbocycles. The van der Waals surface area contributed by atoms with Gasteiger partial charge in [0.15, 0.2) is 0 Å². The molecule has 5 rings (SSSR count). The predicted molar refractivity (Wildman–Crippen MR) is 91.4 cm³/mol. The summed E-state index contributed by atoms with van der Waals surface area (Å²) >= 11 is 1.09. The Kier molecular flexibility index (Phi) is 4.39. The van der Waals surface area contributed by atoms with Crippen LogP contribution in [0.2, 0.25) is 0 Å². The average molecular weight is 362 g/mol. The Morgan fingerprint density at radius 3 is 2.68 bits per heavy atom. The van der Waals surface area contributed by atoms with Crippen LogP contribution in [0.3, 0.4) is 0 Å². The molecule has 8 heteroatoms. The zero-order chi connectivity index (χ0) is 17.4. The van der Waals surface area contributed by atoms with Gasteiger partial charge in [-0.25, -0.2) is 4.39 Å². The van der Waals surface area contributed by atoms with Crippen molar-refractivity contribution in [3.05, 3.63) is 35.1 Å². The van der Waals surface area contributed by atoms with Crippen molar-refractivity contribution in [1.29, 1.82) is 0 Å². The highest BCUT2D eigenvalue weighted by Gasteiger charge is 2.40. The lowest BCUT2D eigenvalue weighted by Gasteiger charge is -2.49. The van der Waals surface area contributed by atoms with Gasteiger partial charge in [-0.1, -0.05) is 5.10 Å². The van der Waals surface area contributed by atoms with Gasteiger partial charge in [-0.05, 0) is 74.4 Å². The van der Waals surface area contributed by atoms with Crippen LogP contribution >= 0.6 is 11.3 Å². The molecule has 1 N–H and O–H groups in total. The van der Waals surface area contributed by atoms with Crippen molar-refractivity contribution < 1.29 is 13.9 Å². The zero-order valence-electron chi connectivity index (χ0n) is 13.8. The quantitative estimate of drug-likeness (QED) is 0.906. The molecular weight excluding hydrogens is 343 g/mol. The molecule has 3 aliphatic heterocycles. The molecule has 3 fully saturated rings. The Morgan fingerprint density at radius 1 is 1.28 bits per heavy atom. The van der Waals surface area contributed by atoms with E-state index in [-0.39, 0.29) is 28.0 Å². The summed E-state index contributed by atoms with van der Waals surface area (Å²) in [5, 5.41) is 11.5. The van der Waals surface area contributed by atoms with E-state index in [1.54, 1.807) is 0 Å². The molecule has 6 nitrogen and oxygen atoms in total. The van der Waals surface area contributed by atoms with Crippen LogP contribution in [0.1, 0.15) is 29.6 Å². The maximum absolute atomic E-state index is 12.9. The smallest absolute Gasteiger partial charge is 0.300 e. The van der Waals surface area contributed by atoms with Crippen LogP contribution in [0.15, 0.2) is 24.3 Å². The number of rotatable bonds is 4. The topological polar surface area (TPSA) is 67.3 Å². The summed E-state index contributed by atoms with van der Waals surface area (Å²) in [4.78, 5) is 14.9. The number of fused-ring (bicyclic) bond motifs is 3. The standard InChI is InChI=1S/C17H19FN4O2S/c1-10-14(11-6-8-22(10)9-7-11)19-15(23)16-20-21-17(25-16)24-13-4-2-12(18)3-5-13/h2-5,10-11,14H,6-9H2,1H3,(H,19,23)/t10-,14-/m0/s1. The summed E-state index contributed by atoms with van der Waals surface area (Å²) in [6.45, 7) is 4.40. The number of nitrogens with one attached hydrogen (secondary N) is 1. The third-order valence-corrected chi connectivity index (χ3v) is 5.90. The molecule has 0 unspecified atom stereocenters. The molecule has 0 radical (unpaired) electrons. The van der Waals surface area contributed by atoms with Gasteiger partial charge in [-0.15, -0.1) is 5.10 Å². The molecule has 4 heterocycles. The molecular formula is C17H19FN4O2S. The monoisotopic (exact) mass is 362 g/mol. The number of amides is 1. The fourth-order valence-corrected chi connectivity index (χ4v) is 4.32. The van der Waals surface area contributed by atoms with Crippen molar-refractivity contribution in [2.24, 2.45) is 5.92 Å². The first-order chi connectivity index (χ1) is 12.1. The number of ether oxygens (including phenoxy) is 1. The van der Waals surface area contributed by atoms with Crippen LogP contribution < -0.4 is 10.1 Å². The minimum absolute atomic E-state index is 0.153. The number of hydrogen-bond donors (Lipinski definition) is 1. The largest absolute Gasteiger partial charge is 0.430 e. The molecule has 1 aromatic carbocycles. The van der Waals surface area contributed by atoms with E-state index < -0.39 is 0 Å². The summed E-state index contributed by atoms with van der Waals surface area (Å²) in [5.41, 5.74) is 0. The Morgan fingerprint density at radius 2 is 2.00 bits per heavy atom. The summed E-state index contributed by atoms with van der Waals surface area (Å²) in [5.74, 6) is 0.440. The first-order valence-corrected chi connectivity index (χ1v) is 9.23. The second-order valence-corrected chi connectivity index (χ2v) is 7.48. The van der Waals surface area contributed by atoms with Gasteiger partial charge < -0.3 is 10.1 Å². The number of aromatic nitrogens is 2. The maximum atomic E-state index is 12.9. The number of halogens is 1. The Balaban J connectivity index is 1.41. The third-order valence-electron chi connectivity index (χ3n) is 5.10. The molecule has 3 aliphatic rings. The van der Waals surface area contributed by atoms with Crippen molar-refractivity contribution in [3.63, 3.8) is 0 Å². The van der Waals surface area contributed by atoms with Gasteiger partial charge in [0.2, 0.25) is 5.01 Å². The molecule has 2 aromatic rings. The minimum Gasteiger partial charge on any atom is -0.430 e. The lowest BCUT2D eigenvalue weighted by atomic mass is 9.79. The fourth-order valence-electron chi connectivity index (χ4n) is 3.70. The van der Waals surface area contributed by atoms with Gasteiger partial charge in [0.1, 0.15) is 11.6 Å². The Bertz CT molecular complexity index is 756. The van der Waals surface area contributed by atoms with Gasteiger partial charge in [-0.3, -0.25) is 9.69 Å². The predicted octanol–water partition coefficient (Wildman–Crippen LogP) is 2.68. The molecule has 2 bridgehead atoms. The van der Waals surface area contributed by atoms with Gasteiger partial charge in [0, 0.05) is 12.1 Å². The van der Waals surface area contributed by atoms with Crippen molar-refractivity contribution in [3.8, 4) is 10.9 Å². The summed E-state index contributed by atoms with van der Waals surface area (Å²) < 4.78 is 18.4. The fraction of sp³-hybridized carbons (Fsp3) is 0.471. The molecule has 25 heavy (non-hydrogen) atoms. The van der Waals surface area contributed by atoms with E-state index in [0.717, 1.165) is 37.3 Å². The van der Waals surface area contributed by atoms with Gasteiger partial charge in [0.25, 0.3) is 11.1 Å². The van der Waals surface area contributed by atoms with Crippen molar-refractivity contribution in [1.82, 2.24) is 20.4 Å². The SMILES string of the molecule is C[C@H]1[C@H](NC(=O)c2nnc(Oc3ccc(F)cc3)s2)C2CCN1CC2. The summed E-state index contributed by atoms with van der Waals surface area (Å²) in [7, 11) is 0. The van der Waals surface area contributed by atoms with E-state index in [0.29, 0.717) is 17.7 Å². The van der Waals surface area contributed by atoms with Crippen LogP contribution in [-0.2, 0) is 0 Å². The van der Waals surface area contributed by atoms with Crippen molar-refractivity contribution in [2.45, 2.75) is 31.8 Å². The van der Waals surface area contributed by atoms with Crippen molar-refractivity contribution in [2.75, 3.05) is 13.1 Å². The van der Waals surface area contributed by atoms with E-state index in [2.05, 4.69) is 27.3 Å². The van der Waals surface area contributed by atoms with Crippen LogP contribution in [0.25, 0.3) is 0 Å². The molecule has 1 aromatic heterocycles. The Hall–Kier alpha value is -2.06. The molecule has 1 amide bonds. The van der Waals surface area contributed by atoms with Crippen molar-refractivity contribution >= 4 is 17.2 Å². The minimum atomic E-state index is -0.337. The highest BCUT2D eigenvalue weighted by atomic mass is 32.1. The number of benzene rings is 1. The van der Waals surface area contributed by atoms with Crippen LogP contribution in [0, 0.1) is 11.7 Å². The van der Waals surface area contributed by atoms with Crippen LogP contribution in [-0.4, -0.2) is 46.2 Å². The highest BCUT2D eigenvalue weighted by molar-refractivity contribution is 7.15. The highest BCUT2D eigenvalue weighted by Crippen LogP contribution is 2.32. The molecule has 132 valence electrons. The number of piperidine rings is 3. The van der Waals surface area contributed by atoms with E-state index >= 15 is 0 Å². The lowest BCUT2D eigenvalue weighted by Crippen LogP contribution is -2.62. The number of carbonyl (C=O) groups excluding carboxylic acids is 1. The summed E-state index contributed by atoms with van der Waals surface area (Å²) in [6, 6.07) is 6.12. The lowest BCUT2D eigenvalue weighted by molar-refractivity contribution is 0.0217. The molecule has 0 saturated carbocycles. The first kappa shape index (κ1) is 16.4. The van der Waals surface area contributed by atoms with Crippen LogP contribution in [0.5, 0.6) is 10.9 Å². The van der Waals surface area contributed by atoms with E-state index in [9.17, 15) is 9.18 Å². The molecule has 3 saturated heterocycles.